The summed E-state index contributed by atoms with van der Waals surface area (Å²) >= 11 is 0. The molecule has 0 radical (unpaired) electrons. The number of rotatable bonds is 6. The zero-order chi connectivity index (χ0) is 18.6. The first-order chi connectivity index (χ1) is 13.2. The number of aryl methyl sites for hydroxylation is 1. The molecule has 2 heterocycles. The Kier molecular flexibility index (Phi) is 4.70. The third kappa shape index (κ3) is 3.89. The molecule has 0 bridgehead atoms. The molecule has 6 nitrogen and oxygen atoms in total. The van der Waals surface area contributed by atoms with Crippen molar-refractivity contribution < 1.29 is 9.21 Å². The van der Waals surface area contributed by atoms with E-state index in [9.17, 15) is 4.79 Å². The number of fused-ring (bicyclic) bond motifs is 1. The maximum absolute atomic E-state index is 12.3. The van der Waals surface area contributed by atoms with Gasteiger partial charge in [-0.3, -0.25) is 4.79 Å². The third-order valence-electron chi connectivity index (χ3n) is 4.44. The first-order valence-corrected chi connectivity index (χ1v) is 8.89. The highest BCUT2D eigenvalue weighted by molar-refractivity contribution is 5.86. The van der Waals surface area contributed by atoms with E-state index in [-0.39, 0.29) is 12.5 Å². The van der Waals surface area contributed by atoms with E-state index in [4.69, 9.17) is 4.42 Å². The van der Waals surface area contributed by atoms with Crippen molar-refractivity contribution in [2.45, 2.75) is 19.9 Å². The predicted molar refractivity (Wildman–Crippen MR) is 103 cm³/mol. The van der Waals surface area contributed by atoms with Crippen molar-refractivity contribution in [1.82, 2.24) is 20.1 Å². The molecule has 0 fully saturated rings. The molecule has 0 aliphatic heterocycles. The second-order valence-corrected chi connectivity index (χ2v) is 6.43. The molecule has 0 spiro atoms. The van der Waals surface area contributed by atoms with E-state index in [1.165, 1.54) is 5.56 Å². The lowest BCUT2D eigenvalue weighted by Gasteiger charge is -2.08. The number of hydrogen-bond donors (Lipinski definition) is 1. The first-order valence-electron chi connectivity index (χ1n) is 8.89. The van der Waals surface area contributed by atoms with Crippen molar-refractivity contribution in [3.05, 3.63) is 72.2 Å². The monoisotopic (exact) mass is 360 g/mol. The summed E-state index contributed by atoms with van der Waals surface area (Å²) in [5.74, 6) is 0.996. The molecule has 0 saturated carbocycles. The number of nitrogens with zero attached hydrogens (tertiary/aromatic N) is 3. The van der Waals surface area contributed by atoms with Crippen LogP contribution in [-0.2, 0) is 17.8 Å². The van der Waals surface area contributed by atoms with Crippen molar-refractivity contribution >= 4 is 16.8 Å². The molecule has 2 aromatic heterocycles. The minimum atomic E-state index is -0.0116. The fraction of sp³-hybridized carbons (Fsp3) is 0.190. The SMILES string of the molecule is Cc1nnc(-c2ccc3ccn(CC(=O)NCCc4ccccc4)c3c2)o1. The van der Waals surface area contributed by atoms with Gasteiger partial charge in [-0.15, -0.1) is 10.2 Å². The van der Waals surface area contributed by atoms with Gasteiger partial charge in [0, 0.05) is 30.7 Å². The van der Waals surface area contributed by atoms with Gasteiger partial charge in [-0.1, -0.05) is 36.4 Å². The van der Waals surface area contributed by atoms with Gasteiger partial charge in [0.05, 0.1) is 0 Å². The Morgan fingerprint density at radius 2 is 1.96 bits per heavy atom. The highest BCUT2D eigenvalue weighted by Crippen LogP contribution is 2.24. The number of carbonyl (C=O) groups is 1. The van der Waals surface area contributed by atoms with Gasteiger partial charge in [0.1, 0.15) is 6.54 Å². The predicted octanol–water partition coefficient (Wildman–Crippen LogP) is 3.36. The largest absolute Gasteiger partial charge is 0.421 e. The van der Waals surface area contributed by atoms with Crippen LogP contribution in [0.2, 0.25) is 0 Å². The van der Waals surface area contributed by atoms with Crippen LogP contribution in [0.3, 0.4) is 0 Å². The topological polar surface area (TPSA) is 73.0 Å². The van der Waals surface area contributed by atoms with E-state index in [0.717, 1.165) is 22.9 Å². The Morgan fingerprint density at radius 3 is 2.74 bits per heavy atom. The fourth-order valence-corrected chi connectivity index (χ4v) is 3.07. The van der Waals surface area contributed by atoms with Crippen LogP contribution in [0.15, 0.2) is 65.2 Å². The van der Waals surface area contributed by atoms with Crippen LogP contribution in [0.5, 0.6) is 0 Å². The number of nitrogens with one attached hydrogen (secondary N) is 1. The molecule has 1 amide bonds. The molecule has 6 heteroatoms. The van der Waals surface area contributed by atoms with Gasteiger partial charge in [-0.05, 0) is 35.6 Å². The maximum atomic E-state index is 12.3. The molecule has 2 aromatic carbocycles. The summed E-state index contributed by atoms with van der Waals surface area (Å²) in [7, 11) is 0. The number of benzene rings is 2. The van der Waals surface area contributed by atoms with Gasteiger partial charge >= 0.3 is 0 Å². The van der Waals surface area contributed by atoms with Crippen LogP contribution in [0.25, 0.3) is 22.4 Å². The minimum Gasteiger partial charge on any atom is -0.421 e. The van der Waals surface area contributed by atoms with Crippen LogP contribution >= 0.6 is 0 Å². The summed E-state index contributed by atoms with van der Waals surface area (Å²) in [6.07, 6.45) is 2.74. The van der Waals surface area contributed by atoms with Crippen LogP contribution in [0, 0.1) is 6.92 Å². The zero-order valence-corrected chi connectivity index (χ0v) is 15.1. The molecule has 0 aliphatic carbocycles. The average molecular weight is 360 g/mol. The van der Waals surface area contributed by atoms with Gasteiger partial charge in [0.2, 0.25) is 17.7 Å². The second-order valence-electron chi connectivity index (χ2n) is 6.43. The van der Waals surface area contributed by atoms with Crippen LogP contribution in [0.4, 0.5) is 0 Å². The van der Waals surface area contributed by atoms with E-state index < -0.39 is 0 Å². The van der Waals surface area contributed by atoms with Gasteiger partial charge in [0.15, 0.2) is 0 Å². The van der Waals surface area contributed by atoms with Crippen LogP contribution in [0.1, 0.15) is 11.5 Å². The molecule has 136 valence electrons. The molecule has 0 unspecified atom stereocenters. The molecule has 4 aromatic rings. The summed E-state index contributed by atoms with van der Waals surface area (Å²) in [6, 6.07) is 18.0. The number of carbonyl (C=O) groups excluding carboxylic acids is 1. The first kappa shape index (κ1) is 17.0. The highest BCUT2D eigenvalue weighted by atomic mass is 16.4. The molecule has 4 rings (SSSR count). The molecule has 0 aliphatic rings. The zero-order valence-electron chi connectivity index (χ0n) is 15.1. The minimum absolute atomic E-state index is 0.0116. The summed E-state index contributed by atoms with van der Waals surface area (Å²) in [6.45, 7) is 2.65. The van der Waals surface area contributed by atoms with Crippen LogP contribution in [-0.4, -0.2) is 27.2 Å². The quantitative estimate of drug-likeness (QED) is 0.572. The maximum Gasteiger partial charge on any atom is 0.247 e. The van der Waals surface area contributed by atoms with E-state index in [0.29, 0.717) is 18.3 Å². The van der Waals surface area contributed by atoms with Crippen molar-refractivity contribution in [3.8, 4) is 11.5 Å². The second kappa shape index (κ2) is 7.45. The summed E-state index contributed by atoms with van der Waals surface area (Å²) in [5, 5.41) is 12.0. The normalized spacial score (nSPS) is 11.0. The summed E-state index contributed by atoms with van der Waals surface area (Å²) in [4.78, 5) is 12.3. The van der Waals surface area contributed by atoms with E-state index in [1.54, 1.807) is 6.92 Å². The number of amides is 1. The Bertz CT molecular complexity index is 1070. The standard InChI is InChI=1S/C21H20N4O2/c1-15-23-24-21(27-15)18-8-7-17-10-12-25(19(17)13-18)14-20(26)22-11-9-16-5-3-2-4-6-16/h2-8,10,12-13H,9,11,14H2,1H3,(H,22,26). The van der Waals surface area contributed by atoms with E-state index in [1.807, 2.05) is 53.2 Å². The van der Waals surface area contributed by atoms with Gasteiger partial charge in [-0.2, -0.15) is 0 Å². The van der Waals surface area contributed by atoms with Gasteiger partial charge in [0.25, 0.3) is 0 Å². The van der Waals surface area contributed by atoms with Gasteiger partial charge in [-0.25, -0.2) is 0 Å². The molecule has 0 atom stereocenters. The third-order valence-corrected chi connectivity index (χ3v) is 4.44. The lowest BCUT2D eigenvalue weighted by molar-refractivity contribution is -0.121. The Morgan fingerprint density at radius 1 is 1.11 bits per heavy atom. The summed E-state index contributed by atoms with van der Waals surface area (Å²) in [5.41, 5.74) is 3.01. The van der Waals surface area contributed by atoms with Crippen molar-refractivity contribution in [3.63, 3.8) is 0 Å². The molecular formula is C21H20N4O2. The summed E-state index contributed by atoms with van der Waals surface area (Å²) < 4.78 is 7.43. The Hall–Kier alpha value is -3.41. The lowest BCUT2D eigenvalue weighted by Crippen LogP contribution is -2.29. The smallest absolute Gasteiger partial charge is 0.247 e. The molecular weight excluding hydrogens is 340 g/mol. The Balaban J connectivity index is 1.44. The van der Waals surface area contributed by atoms with E-state index >= 15 is 0 Å². The highest BCUT2D eigenvalue weighted by Gasteiger charge is 2.10. The molecule has 27 heavy (non-hydrogen) atoms. The average Bonchev–Trinajstić information content (AvgIpc) is 3.29. The van der Waals surface area contributed by atoms with Gasteiger partial charge < -0.3 is 14.3 Å². The van der Waals surface area contributed by atoms with Crippen molar-refractivity contribution in [2.24, 2.45) is 0 Å². The Labute approximate surface area is 156 Å². The van der Waals surface area contributed by atoms with Crippen molar-refractivity contribution in [1.29, 1.82) is 0 Å². The number of aromatic nitrogens is 3. The number of hydrogen-bond acceptors (Lipinski definition) is 4. The lowest BCUT2D eigenvalue weighted by atomic mass is 10.1. The molecule has 0 saturated heterocycles. The molecule has 1 N–H and O–H groups in total. The fourth-order valence-electron chi connectivity index (χ4n) is 3.07. The van der Waals surface area contributed by atoms with E-state index in [2.05, 4.69) is 27.6 Å². The van der Waals surface area contributed by atoms with Crippen LogP contribution < -0.4 is 5.32 Å². The van der Waals surface area contributed by atoms with Crippen molar-refractivity contribution in [2.75, 3.05) is 6.54 Å².